The number of nitrogens with zero attached hydrogens (tertiary/aromatic N) is 1. The molecule has 168 valence electrons. The second-order valence-corrected chi connectivity index (χ2v) is 8.93. The van der Waals surface area contributed by atoms with Crippen LogP contribution in [0.15, 0.2) is 72.8 Å². The number of rotatable bonds is 4. The molecule has 0 saturated carbocycles. The van der Waals surface area contributed by atoms with Gasteiger partial charge in [0.15, 0.2) is 10.8 Å². The second kappa shape index (κ2) is 8.24. The van der Waals surface area contributed by atoms with Crippen LogP contribution < -0.4 is 25.0 Å². The Morgan fingerprint density at radius 2 is 1.82 bits per heavy atom. The quantitative estimate of drug-likeness (QED) is 0.505. The molecule has 8 heteroatoms. The first-order valence-electron chi connectivity index (χ1n) is 10.5. The summed E-state index contributed by atoms with van der Waals surface area (Å²) in [5.74, 6) is 0.491. The van der Waals surface area contributed by atoms with E-state index in [1.54, 1.807) is 31.4 Å². The smallest absolute Gasteiger partial charge is 0.236 e. The van der Waals surface area contributed by atoms with Gasteiger partial charge < -0.3 is 20.1 Å². The first-order valence-corrected chi connectivity index (χ1v) is 11.3. The van der Waals surface area contributed by atoms with Gasteiger partial charge in [-0.3, -0.25) is 9.69 Å². The van der Waals surface area contributed by atoms with Crippen LogP contribution in [0.3, 0.4) is 0 Å². The van der Waals surface area contributed by atoms with Gasteiger partial charge in [-0.2, -0.15) is 0 Å². The SMILES string of the molecule is COc1ccccc1N1C(=S)N[C@H]2c3ccccc3O[C@@]1(C)[C@@H]2C(=O)Nc1ccc(Cl)cc1. The molecule has 2 aliphatic heterocycles. The second-order valence-electron chi connectivity index (χ2n) is 8.10. The summed E-state index contributed by atoms with van der Waals surface area (Å²) in [5, 5.41) is 7.47. The minimum atomic E-state index is -1.12. The van der Waals surface area contributed by atoms with Crippen molar-refractivity contribution in [2.24, 2.45) is 5.92 Å². The number of benzene rings is 3. The monoisotopic (exact) mass is 479 g/mol. The van der Waals surface area contributed by atoms with Crippen LogP contribution in [0, 0.1) is 5.92 Å². The van der Waals surface area contributed by atoms with Crippen LogP contribution in [0.25, 0.3) is 0 Å². The summed E-state index contributed by atoms with van der Waals surface area (Å²) in [5.41, 5.74) is 1.12. The molecule has 2 bridgehead atoms. The maximum Gasteiger partial charge on any atom is 0.236 e. The molecule has 2 heterocycles. The molecule has 0 aliphatic carbocycles. The fraction of sp³-hybridized carbons (Fsp3) is 0.200. The summed E-state index contributed by atoms with van der Waals surface area (Å²) in [6.45, 7) is 1.89. The van der Waals surface area contributed by atoms with Crippen molar-refractivity contribution < 1.29 is 14.3 Å². The average Bonchev–Trinajstić information content (AvgIpc) is 2.80. The van der Waals surface area contributed by atoms with E-state index in [2.05, 4.69) is 10.6 Å². The van der Waals surface area contributed by atoms with Gasteiger partial charge >= 0.3 is 0 Å². The number of carbonyl (C=O) groups is 1. The minimum absolute atomic E-state index is 0.200. The Morgan fingerprint density at radius 1 is 1.12 bits per heavy atom. The highest BCUT2D eigenvalue weighted by molar-refractivity contribution is 7.80. The summed E-state index contributed by atoms with van der Waals surface area (Å²) in [6, 6.07) is 21.9. The van der Waals surface area contributed by atoms with Gasteiger partial charge in [-0.15, -0.1) is 0 Å². The van der Waals surface area contributed by atoms with Crippen LogP contribution in [0.4, 0.5) is 11.4 Å². The van der Waals surface area contributed by atoms with Gasteiger partial charge in [-0.25, -0.2) is 0 Å². The number of amides is 1. The summed E-state index contributed by atoms with van der Waals surface area (Å²) >= 11 is 11.8. The highest BCUT2D eigenvalue weighted by atomic mass is 35.5. The van der Waals surface area contributed by atoms with Crippen molar-refractivity contribution in [1.82, 2.24) is 5.32 Å². The van der Waals surface area contributed by atoms with E-state index < -0.39 is 11.6 Å². The number of hydrogen-bond donors (Lipinski definition) is 2. The maximum atomic E-state index is 13.8. The normalized spacial score (nSPS) is 23.1. The number of fused-ring (bicyclic) bond motifs is 4. The summed E-state index contributed by atoms with van der Waals surface area (Å²) in [4.78, 5) is 15.6. The molecule has 0 radical (unpaired) electrons. The van der Waals surface area contributed by atoms with Gasteiger partial charge in [-0.1, -0.05) is 41.9 Å². The molecule has 2 aliphatic rings. The van der Waals surface area contributed by atoms with Crippen molar-refractivity contribution in [3.05, 3.63) is 83.4 Å². The predicted molar refractivity (Wildman–Crippen MR) is 133 cm³/mol. The topological polar surface area (TPSA) is 62.8 Å². The lowest BCUT2D eigenvalue weighted by Crippen LogP contribution is -2.72. The molecule has 0 spiro atoms. The minimum Gasteiger partial charge on any atom is -0.495 e. The Morgan fingerprint density at radius 3 is 2.58 bits per heavy atom. The van der Waals surface area contributed by atoms with E-state index in [0.29, 0.717) is 33.0 Å². The average molecular weight is 480 g/mol. The lowest BCUT2D eigenvalue weighted by atomic mass is 9.78. The Hall–Kier alpha value is -3.29. The number of carbonyl (C=O) groups excluding carboxylic acids is 1. The zero-order valence-corrected chi connectivity index (χ0v) is 19.6. The van der Waals surface area contributed by atoms with Crippen LogP contribution in [0.5, 0.6) is 11.5 Å². The van der Waals surface area contributed by atoms with Gasteiger partial charge in [0.1, 0.15) is 17.4 Å². The van der Waals surface area contributed by atoms with E-state index in [1.165, 1.54) is 0 Å². The van der Waals surface area contributed by atoms with Gasteiger partial charge in [0.2, 0.25) is 5.91 Å². The zero-order valence-electron chi connectivity index (χ0n) is 18.0. The third-order valence-corrected chi connectivity index (χ3v) is 6.68. The van der Waals surface area contributed by atoms with Gasteiger partial charge in [-0.05, 0) is 61.6 Å². The molecule has 0 aromatic heterocycles. The molecule has 1 fully saturated rings. The first kappa shape index (κ1) is 21.6. The number of ether oxygens (including phenoxy) is 2. The molecule has 2 N–H and O–H groups in total. The zero-order chi connectivity index (χ0) is 23.2. The van der Waals surface area contributed by atoms with Crippen LogP contribution >= 0.6 is 23.8 Å². The lowest BCUT2D eigenvalue weighted by Gasteiger charge is -2.56. The largest absolute Gasteiger partial charge is 0.495 e. The number of anilines is 2. The van der Waals surface area contributed by atoms with E-state index in [0.717, 1.165) is 5.56 Å². The van der Waals surface area contributed by atoms with E-state index in [9.17, 15) is 4.79 Å². The lowest BCUT2D eigenvalue weighted by molar-refractivity contribution is -0.130. The third kappa shape index (κ3) is 3.57. The number of para-hydroxylation sites is 3. The number of methoxy groups -OCH3 is 1. The molecule has 6 nitrogen and oxygen atoms in total. The highest BCUT2D eigenvalue weighted by Crippen LogP contribution is 2.50. The van der Waals surface area contributed by atoms with E-state index >= 15 is 0 Å². The fourth-order valence-corrected chi connectivity index (χ4v) is 5.19. The molecule has 5 rings (SSSR count). The van der Waals surface area contributed by atoms with Crippen molar-refractivity contribution in [3.8, 4) is 11.5 Å². The third-order valence-electron chi connectivity index (χ3n) is 6.13. The maximum absolute atomic E-state index is 13.8. The van der Waals surface area contributed by atoms with Gasteiger partial charge in [0.25, 0.3) is 0 Å². The molecule has 3 aromatic carbocycles. The molecule has 0 unspecified atom stereocenters. The molecule has 1 amide bonds. The molecule has 3 atom stereocenters. The van der Waals surface area contributed by atoms with Gasteiger partial charge in [0, 0.05) is 16.3 Å². The fourth-order valence-electron chi connectivity index (χ4n) is 4.66. The first-order chi connectivity index (χ1) is 15.9. The van der Waals surface area contributed by atoms with Gasteiger partial charge in [0.05, 0.1) is 18.8 Å². The van der Waals surface area contributed by atoms with Crippen molar-refractivity contribution in [1.29, 1.82) is 0 Å². The predicted octanol–water partition coefficient (Wildman–Crippen LogP) is 5.15. The molecular formula is C25H22ClN3O3S. The van der Waals surface area contributed by atoms with Crippen molar-refractivity contribution in [2.75, 3.05) is 17.3 Å². The number of thiocarbonyl (C=S) groups is 1. The Balaban J connectivity index is 1.63. The van der Waals surface area contributed by atoms with Crippen LogP contribution in [0.2, 0.25) is 5.02 Å². The van der Waals surface area contributed by atoms with E-state index in [1.807, 2.05) is 60.4 Å². The number of nitrogens with one attached hydrogen (secondary N) is 2. The van der Waals surface area contributed by atoms with Crippen LogP contribution in [0.1, 0.15) is 18.5 Å². The van der Waals surface area contributed by atoms with Crippen molar-refractivity contribution >= 4 is 46.2 Å². The summed E-state index contributed by atoms with van der Waals surface area (Å²) < 4.78 is 12.2. The van der Waals surface area contributed by atoms with Crippen molar-refractivity contribution in [3.63, 3.8) is 0 Å². The molecule has 1 saturated heterocycles. The Kier molecular flexibility index (Phi) is 5.38. The van der Waals surface area contributed by atoms with Crippen LogP contribution in [-0.2, 0) is 4.79 Å². The van der Waals surface area contributed by atoms with E-state index in [4.69, 9.17) is 33.3 Å². The molecule has 3 aromatic rings. The van der Waals surface area contributed by atoms with E-state index in [-0.39, 0.29) is 11.9 Å². The Labute approximate surface area is 202 Å². The highest BCUT2D eigenvalue weighted by Gasteiger charge is 2.59. The molecule has 33 heavy (non-hydrogen) atoms. The number of halogens is 1. The number of hydrogen-bond acceptors (Lipinski definition) is 4. The summed E-state index contributed by atoms with van der Waals surface area (Å²) in [7, 11) is 1.60. The molecular weight excluding hydrogens is 458 g/mol. The van der Waals surface area contributed by atoms with Crippen molar-refractivity contribution in [2.45, 2.75) is 18.7 Å². The van der Waals surface area contributed by atoms with Crippen LogP contribution in [-0.4, -0.2) is 23.9 Å². The standard InChI is InChI=1S/C25H22ClN3O3S/c1-25-21(23(30)27-16-13-11-15(26)12-14-16)22(17-7-3-5-9-19(17)32-25)28-24(33)29(25)18-8-4-6-10-20(18)31-2/h3-14,21-22H,1-2H3,(H,27,30)(H,28,33)/t21-,22-,25-/m0/s1. The summed E-state index contributed by atoms with van der Waals surface area (Å²) in [6.07, 6.45) is 0. The Bertz CT molecular complexity index is 1240.